The van der Waals surface area contributed by atoms with Crippen LogP contribution in [0.15, 0.2) is 23.1 Å². The highest BCUT2D eigenvalue weighted by molar-refractivity contribution is 7.09. The summed E-state index contributed by atoms with van der Waals surface area (Å²) < 4.78 is 11.8. The van der Waals surface area contributed by atoms with Crippen molar-refractivity contribution in [3.63, 3.8) is 0 Å². The summed E-state index contributed by atoms with van der Waals surface area (Å²) in [5.74, 6) is -0.102. The molecule has 0 radical (unpaired) electrons. The second-order valence-corrected chi connectivity index (χ2v) is 10.3. The largest absolute Gasteiger partial charge is 0.458 e. The molecule has 2 aliphatic heterocycles. The Hall–Kier alpha value is -1.46. The van der Waals surface area contributed by atoms with Gasteiger partial charge < -0.3 is 9.47 Å². The average molecular weight is 418 g/mol. The minimum absolute atomic E-state index is 0.102. The normalized spacial score (nSPS) is 29.2. The van der Waals surface area contributed by atoms with Crippen molar-refractivity contribution in [2.24, 2.45) is 5.41 Å². The number of thiazole rings is 1. The van der Waals surface area contributed by atoms with E-state index in [0.29, 0.717) is 6.42 Å². The first-order valence-electron chi connectivity index (χ1n) is 10.9. The van der Waals surface area contributed by atoms with Gasteiger partial charge in [-0.3, -0.25) is 4.79 Å². The second-order valence-electron chi connectivity index (χ2n) is 9.22. The first kappa shape index (κ1) is 22.2. The third-order valence-corrected chi connectivity index (χ3v) is 6.73. The minimum atomic E-state index is -0.250. The zero-order chi connectivity index (χ0) is 20.9. The molecule has 4 nitrogen and oxygen atoms in total. The molecule has 1 aromatic rings. The number of hydrogen-bond acceptors (Lipinski definition) is 5. The summed E-state index contributed by atoms with van der Waals surface area (Å²) in [4.78, 5) is 17.2. The van der Waals surface area contributed by atoms with Crippen molar-refractivity contribution in [2.45, 2.75) is 97.4 Å². The van der Waals surface area contributed by atoms with E-state index in [1.54, 1.807) is 11.3 Å². The first-order valence-corrected chi connectivity index (χ1v) is 11.8. The molecule has 160 valence electrons. The number of cyclic esters (lactones) is 1. The van der Waals surface area contributed by atoms with Crippen LogP contribution in [0.3, 0.4) is 0 Å². The van der Waals surface area contributed by atoms with E-state index in [4.69, 9.17) is 9.47 Å². The lowest BCUT2D eigenvalue weighted by Crippen LogP contribution is -2.23. The lowest BCUT2D eigenvalue weighted by atomic mass is 9.82. The SMILES string of the molecule is CC(=Cc1csc(C)n1)[C@@H]1CC2O[C@@H]2CC=CCCCCC(C)(C)CCC(=O)O1. The number of ether oxygens (including phenoxy) is 2. The Morgan fingerprint density at radius 3 is 2.83 bits per heavy atom. The van der Waals surface area contributed by atoms with Gasteiger partial charge in [0.25, 0.3) is 0 Å². The fourth-order valence-corrected chi connectivity index (χ4v) is 4.47. The van der Waals surface area contributed by atoms with Crippen molar-refractivity contribution < 1.29 is 14.3 Å². The molecule has 1 saturated heterocycles. The number of hydrogen-bond donors (Lipinski definition) is 0. The molecule has 0 N–H and O–H groups in total. The smallest absolute Gasteiger partial charge is 0.306 e. The summed E-state index contributed by atoms with van der Waals surface area (Å²) >= 11 is 1.63. The minimum Gasteiger partial charge on any atom is -0.458 e. The van der Waals surface area contributed by atoms with E-state index in [1.165, 1.54) is 12.8 Å². The van der Waals surface area contributed by atoms with Crippen LogP contribution in [0.4, 0.5) is 0 Å². The molecule has 29 heavy (non-hydrogen) atoms. The molecule has 3 heterocycles. The molecule has 0 aromatic carbocycles. The Labute approximate surface area is 179 Å². The number of aromatic nitrogens is 1. The fraction of sp³-hybridized carbons (Fsp3) is 0.667. The zero-order valence-electron chi connectivity index (χ0n) is 18.3. The Bertz CT molecular complexity index is 749. The van der Waals surface area contributed by atoms with Gasteiger partial charge in [-0.2, -0.15) is 0 Å². The maximum absolute atomic E-state index is 12.6. The van der Waals surface area contributed by atoms with E-state index in [9.17, 15) is 4.79 Å². The molecule has 2 aliphatic rings. The molecule has 0 amide bonds. The number of aryl methyl sites for hydroxylation is 1. The number of carbonyl (C=O) groups excluding carboxylic acids is 1. The highest BCUT2D eigenvalue weighted by atomic mass is 32.1. The van der Waals surface area contributed by atoms with E-state index in [1.807, 2.05) is 25.3 Å². The number of fused-ring (bicyclic) bond motifs is 1. The van der Waals surface area contributed by atoms with E-state index >= 15 is 0 Å². The van der Waals surface area contributed by atoms with Gasteiger partial charge in [0.2, 0.25) is 0 Å². The zero-order valence-corrected chi connectivity index (χ0v) is 19.1. The molecule has 0 spiro atoms. The van der Waals surface area contributed by atoms with Gasteiger partial charge in [-0.05, 0) is 63.0 Å². The Morgan fingerprint density at radius 2 is 2.07 bits per heavy atom. The molecule has 3 rings (SSSR count). The van der Waals surface area contributed by atoms with E-state index in [0.717, 1.165) is 48.4 Å². The molecule has 3 atom stereocenters. The molecule has 5 heteroatoms. The fourth-order valence-electron chi connectivity index (χ4n) is 3.90. The highest BCUT2D eigenvalue weighted by Crippen LogP contribution is 2.34. The monoisotopic (exact) mass is 417 g/mol. The maximum atomic E-state index is 12.6. The van der Waals surface area contributed by atoms with Gasteiger partial charge in [-0.1, -0.05) is 32.4 Å². The number of allylic oxidation sites excluding steroid dienone is 1. The van der Waals surface area contributed by atoms with Crippen molar-refractivity contribution in [1.29, 1.82) is 0 Å². The number of rotatable bonds is 2. The number of nitrogens with zero attached hydrogens (tertiary/aromatic N) is 1. The number of carbonyl (C=O) groups is 1. The summed E-state index contributed by atoms with van der Waals surface area (Å²) in [7, 11) is 0. The van der Waals surface area contributed by atoms with Crippen LogP contribution in [0.5, 0.6) is 0 Å². The molecule has 0 saturated carbocycles. The standard InChI is InChI=1S/C24H35NO3S/c1-17(14-19-16-29-18(2)25-19)21-15-22-20(27-22)10-8-6-5-7-9-12-24(3,4)13-11-23(26)28-21/h6,8,14,16,20-22H,5,7,9-13,15H2,1-4H3/t20-,21+,22?/m1/s1. The van der Waals surface area contributed by atoms with Crippen LogP contribution in [0, 0.1) is 12.3 Å². The predicted octanol–water partition coefficient (Wildman–Crippen LogP) is 6.25. The Morgan fingerprint density at radius 1 is 1.24 bits per heavy atom. The molecule has 0 aliphatic carbocycles. The molecule has 0 bridgehead atoms. The van der Waals surface area contributed by atoms with Crippen molar-refractivity contribution in [1.82, 2.24) is 4.98 Å². The number of epoxide rings is 1. The van der Waals surface area contributed by atoms with Gasteiger partial charge in [-0.25, -0.2) is 4.98 Å². The highest BCUT2D eigenvalue weighted by Gasteiger charge is 2.40. The van der Waals surface area contributed by atoms with Crippen molar-refractivity contribution in [3.05, 3.63) is 33.8 Å². The van der Waals surface area contributed by atoms with Crippen LogP contribution in [0.25, 0.3) is 6.08 Å². The van der Waals surface area contributed by atoms with Crippen molar-refractivity contribution in [3.8, 4) is 0 Å². The van der Waals surface area contributed by atoms with Gasteiger partial charge in [-0.15, -0.1) is 11.3 Å². The summed E-state index contributed by atoms with van der Waals surface area (Å²) in [5.41, 5.74) is 2.14. The van der Waals surface area contributed by atoms with Crippen LogP contribution >= 0.6 is 11.3 Å². The van der Waals surface area contributed by atoms with Crippen LogP contribution in [0.1, 0.15) is 82.8 Å². The molecule has 1 aromatic heterocycles. The molecule has 1 fully saturated rings. The van der Waals surface area contributed by atoms with Crippen LogP contribution in [-0.4, -0.2) is 29.3 Å². The van der Waals surface area contributed by atoms with E-state index in [2.05, 4.69) is 31.0 Å². The lowest BCUT2D eigenvalue weighted by molar-refractivity contribution is -0.148. The third-order valence-electron chi connectivity index (χ3n) is 5.94. The maximum Gasteiger partial charge on any atom is 0.306 e. The topological polar surface area (TPSA) is 51.7 Å². The van der Waals surface area contributed by atoms with Gasteiger partial charge >= 0.3 is 5.97 Å². The van der Waals surface area contributed by atoms with Gasteiger partial charge in [0.05, 0.1) is 22.9 Å². The van der Waals surface area contributed by atoms with E-state index < -0.39 is 0 Å². The Kier molecular flexibility index (Phi) is 7.69. The lowest BCUT2D eigenvalue weighted by Gasteiger charge is -2.25. The van der Waals surface area contributed by atoms with Crippen LogP contribution in [-0.2, 0) is 14.3 Å². The van der Waals surface area contributed by atoms with Gasteiger partial charge in [0.1, 0.15) is 6.10 Å². The van der Waals surface area contributed by atoms with Crippen molar-refractivity contribution in [2.75, 3.05) is 0 Å². The third kappa shape index (κ3) is 7.38. The Balaban J connectivity index is 1.70. The summed E-state index contributed by atoms with van der Waals surface area (Å²) in [6.07, 6.45) is 14.5. The molecule has 1 unspecified atom stereocenters. The number of esters is 1. The predicted molar refractivity (Wildman–Crippen MR) is 119 cm³/mol. The summed E-state index contributed by atoms with van der Waals surface area (Å²) in [6, 6.07) is 0. The van der Waals surface area contributed by atoms with Crippen LogP contribution < -0.4 is 0 Å². The quantitative estimate of drug-likeness (QED) is 0.324. The first-order chi connectivity index (χ1) is 13.8. The van der Waals surface area contributed by atoms with E-state index in [-0.39, 0.29) is 29.7 Å². The summed E-state index contributed by atoms with van der Waals surface area (Å²) in [5, 5.41) is 3.08. The molecular formula is C24H35NO3S. The summed E-state index contributed by atoms with van der Waals surface area (Å²) in [6.45, 7) is 8.55. The average Bonchev–Trinajstić information content (AvgIpc) is 3.27. The van der Waals surface area contributed by atoms with Gasteiger partial charge in [0, 0.05) is 18.2 Å². The van der Waals surface area contributed by atoms with Crippen LogP contribution in [0.2, 0.25) is 0 Å². The van der Waals surface area contributed by atoms with Crippen molar-refractivity contribution >= 4 is 23.4 Å². The van der Waals surface area contributed by atoms with Gasteiger partial charge in [0.15, 0.2) is 0 Å². The second kappa shape index (κ2) is 10.0. The molecular weight excluding hydrogens is 382 g/mol.